The number of amides is 1. The lowest BCUT2D eigenvalue weighted by atomic mass is 10.2. The summed E-state index contributed by atoms with van der Waals surface area (Å²) in [6, 6.07) is 17.3. The zero-order chi connectivity index (χ0) is 21.5. The first-order chi connectivity index (χ1) is 14.5. The second-order valence-corrected chi connectivity index (χ2v) is 7.47. The van der Waals surface area contributed by atoms with Crippen molar-refractivity contribution in [3.8, 4) is 17.2 Å². The van der Waals surface area contributed by atoms with Crippen molar-refractivity contribution in [2.24, 2.45) is 5.10 Å². The molecule has 0 aliphatic rings. The average molecular weight is 490 g/mol. The predicted octanol–water partition coefficient (Wildman–Crippen LogP) is 5.16. The highest BCUT2D eigenvalue weighted by atomic mass is 79.9. The van der Waals surface area contributed by atoms with Gasteiger partial charge in [0.05, 0.1) is 18.9 Å². The minimum absolute atomic E-state index is 0.113. The Morgan fingerprint density at radius 1 is 1.17 bits per heavy atom. The number of aromatic hydroxyl groups is 1. The standard InChI is InChI=1S/C22H18BrClN2O4/c1-29-21-10-14(6-9-20(21)30-13-15-4-2-3-5-18(15)24)12-25-26-22(28)17-11-16(23)7-8-19(17)27/h2-12,27H,13H2,1H3,(H,26,28)/b25-12-. The number of nitrogens with zero attached hydrogens (tertiary/aromatic N) is 1. The number of phenols is 1. The summed E-state index contributed by atoms with van der Waals surface area (Å²) in [4.78, 5) is 12.2. The molecule has 0 spiro atoms. The van der Waals surface area contributed by atoms with Crippen molar-refractivity contribution in [2.45, 2.75) is 6.61 Å². The molecule has 0 radical (unpaired) electrons. The highest BCUT2D eigenvalue weighted by Crippen LogP contribution is 2.29. The molecule has 0 saturated heterocycles. The van der Waals surface area contributed by atoms with Crippen molar-refractivity contribution in [3.63, 3.8) is 0 Å². The van der Waals surface area contributed by atoms with E-state index in [1.165, 1.54) is 25.5 Å². The number of halogens is 2. The third-order valence-corrected chi connectivity index (χ3v) is 4.97. The summed E-state index contributed by atoms with van der Waals surface area (Å²) in [6.45, 7) is 0.301. The minimum Gasteiger partial charge on any atom is -0.507 e. The molecule has 3 aromatic rings. The fourth-order valence-corrected chi connectivity index (χ4v) is 3.12. The largest absolute Gasteiger partial charge is 0.507 e. The van der Waals surface area contributed by atoms with E-state index >= 15 is 0 Å². The van der Waals surface area contributed by atoms with Crippen LogP contribution in [0.4, 0.5) is 0 Å². The van der Waals surface area contributed by atoms with Crippen molar-refractivity contribution in [1.29, 1.82) is 0 Å². The number of rotatable bonds is 7. The van der Waals surface area contributed by atoms with Crippen LogP contribution in [0.5, 0.6) is 17.2 Å². The molecule has 0 aliphatic carbocycles. The number of benzene rings is 3. The average Bonchev–Trinajstić information content (AvgIpc) is 2.75. The molecule has 3 rings (SSSR count). The molecular formula is C22H18BrClN2O4. The zero-order valence-corrected chi connectivity index (χ0v) is 18.3. The predicted molar refractivity (Wildman–Crippen MR) is 120 cm³/mol. The first-order valence-electron chi connectivity index (χ1n) is 8.84. The normalized spacial score (nSPS) is 10.8. The summed E-state index contributed by atoms with van der Waals surface area (Å²) in [5.41, 5.74) is 4.05. The second-order valence-electron chi connectivity index (χ2n) is 6.15. The molecule has 154 valence electrons. The summed E-state index contributed by atoms with van der Waals surface area (Å²) in [7, 11) is 1.54. The van der Waals surface area contributed by atoms with E-state index in [4.69, 9.17) is 21.1 Å². The molecule has 0 bridgehead atoms. The van der Waals surface area contributed by atoms with Gasteiger partial charge in [-0.2, -0.15) is 5.10 Å². The van der Waals surface area contributed by atoms with Crippen molar-refractivity contribution < 1.29 is 19.4 Å². The summed E-state index contributed by atoms with van der Waals surface area (Å²) in [6.07, 6.45) is 1.47. The number of carbonyl (C=O) groups excluding carboxylic acids is 1. The number of phenolic OH excluding ortho intramolecular Hbond substituents is 1. The summed E-state index contributed by atoms with van der Waals surface area (Å²) < 4.78 is 11.9. The molecule has 6 nitrogen and oxygen atoms in total. The molecule has 0 saturated carbocycles. The number of carbonyl (C=O) groups is 1. The van der Waals surface area contributed by atoms with Gasteiger partial charge in [-0.3, -0.25) is 4.79 Å². The summed E-state index contributed by atoms with van der Waals surface area (Å²) in [5, 5.41) is 14.4. The van der Waals surface area contributed by atoms with Crippen LogP contribution in [0.2, 0.25) is 5.02 Å². The van der Waals surface area contributed by atoms with E-state index in [1.807, 2.05) is 18.2 Å². The molecule has 0 atom stereocenters. The quantitative estimate of drug-likeness (QED) is 0.355. The third kappa shape index (κ3) is 5.52. The molecule has 0 heterocycles. The van der Waals surface area contributed by atoms with Gasteiger partial charge in [0.25, 0.3) is 5.91 Å². The van der Waals surface area contributed by atoms with Crippen LogP contribution in [0.1, 0.15) is 21.5 Å². The number of nitrogens with one attached hydrogen (secondary N) is 1. The van der Waals surface area contributed by atoms with E-state index in [2.05, 4.69) is 26.5 Å². The van der Waals surface area contributed by atoms with E-state index < -0.39 is 5.91 Å². The fraction of sp³-hybridized carbons (Fsp3) is 0.0909. The second kappa shape index (κ2) is 10.1. The molecule has 30 heavy (non-hydrogen) atoms. The molecule has 0 aromatic heterocycles. The van der Waals surface area contributed by atoms with Gasteiger partial charge in [0.2, 0.25) is 0 Å². The third-order valence-electron chi connectivity index (χ3n) is 4.11. The lowest BCUT2D eigenvalue weighted by Gasteiger charge is -2.12. The van der Waals surface area contributed by atoms with Gasteiger partial charge in [-0.05, 0) is 48.0 Å². The minimum atomic E-state index is -0.531. The van der Waals surface area contributed by atoms with Gasteiger partial charge in [0.15, 0.2) is 11.5 Å². The molecule has 0 unspecified atom stereocenters. The van der Waals surface area contributed by atoms with E-state index in [9.17, 15) is 9.90 Å². The van der Waals surface area contributed by atoms with E-state index in [1.54, 1.807) is 30.3 Å². The fourth-order valence-electron chi connectivity index (χ4n) is 2.57. The number of ether oxygens (including phenoxy) is 2. The number of hydrogen-bond donors (Lipinski definition) is 2. The topological polar surface area (TPSA) is 80.2 Å². The van der Waals surface area contributed by atoms with Crippen LogP contribution in [0.15, 0.2) is 70.2 Å². The highest BCUT2D eigenvalue weighted by molar-refractivity contribution is 9.10. The lowest BCUT2D eigenvalue weighted by Crippen LogP contribution is -2.17. The van der Waals surface area contributed by atoms with Crippen LogP contribution in [0.3, 0.4) is 0 Å². The van der Waals surface area contributed by atoms with Crippen LogP contribution < -0.4 is 14.9 Å². The van der Waals surface area contributed by atoms with Crippen LogP contribution >= 0.6 is 27.5 Å². The van der Waals surface area contributed by atoms with E-state index in [0.717, 1.165) is 5.56 Å². The monoisotopic (exact) mass is 488 g/mol. The van der Waals surface area contributed by atoms with Gasteiger partial charge in [0.1, 0.15) is 12.4 Å². The Morgan fingerprint density at radius 2 is 1.97 bits per heavy atom. The molecular weight excluding hydrogens is 472 g/mol. The Balaban J connectivity index is 1.66. The van der Waals surface area contributed by atoms with Crippen molar-refractivity contribution >= 4 is 39.7 Å². The van der Waals surface area contributed by atoms with E-state index in [-0.39, 0.29) is 11.3 Å². The zero-order valence-electron chi connectivity index (χ0n) is 15.9. The Kier molecular flexibility index (Phi) is 7.32. The summed E-state index contributed by atoms with van der Waals surface area (Å²) in [5.74, 6) is 0.406. The van der Waals surface area contributed by atoms with Crippen LogP contribution in [-0.2, 0) is 6.61 Å². The van der Waals surface area contributed by atoms with Gasteiger partial charge in [-0.25, -0.2) is 5.43 Å². The van der Waals surface area contributed by atoms with Gasteiger partial charge in [-0.15, -0.1) is 0 Å². The van der Waals surface area contributed by atoms with E-state index in [0.29, 0.717) is 33.2 Å². The maximum atomic E-state index is 12.2. The molecule has 0 fully saturated rings. The van der Waals surface area contributed by atoms with Crippen molar-refractivity contribution in [3.05, 3.63) is 86.8 Å². The molecule has 3 aromatic carbocycles. The molecule has 2 N–H and O–H groups in total. The Labute approximate surface area is 187 Å². The Hall–Kier alpha value is -3.03. The van der Waals surface area contributed by atoms with Crippen molar-refractivity contribution in [2.75, 3.05) is 7.11 Å². The van der Waals surface area contributed by atoms with Gasteiger partial charge in [-0.1, -0.05) is 45.7 Å². The SMILES string of the molecule is COc1cc(/C=N\NC(=O)c2cc(Br)ccc2O)ccc1OCc1ccccc1Cl. The van der Waals surface area contributed by atoms with Crippen molar-refractivity contribution in [1.82, 2.24) is 5.43 Å². The first-order valence-corrected chi connectivity index (χ1v) is 10.0. The first kappa shape index (κ1) is 21.7. The van der Waals surface area contributed by atoms with Crippen LogP contribution in [0, 0.1) is 0 Å². The lowest BCUT2D eigenvalue weighted by molar-refractivity contribution is 0.0952. The van der Waals surface area contributed by atoms with Gasteiger partial charge < -0.3 is 14.6 Å². The molecule has 0 aliphatic heterocycles. The number of hydrazone groups is 1. The van der Waals surface area contributed by atoms with Gasteiger partial charge in [0, 0.05) is 15.1 Å². The maximum Gasteiger partial charge on any atom is 0.275 e. The van der Waals surface area contributed by atoms with Crippen LogP contribution in [-0.4, -0.2) is 24.3 Å². The Morgan fingerprint density at radius 3 is 2.73 bits per heavy atom. The number of methoxy groups -OCH3 is 1. The molecule has 1 amide bonds. The van der Waals surface area contributed by atoms with Crippen LogP contribution in [0.25, 0.3) is 0 Å². The smallest absolute Gasteiger partial charge is 0.275 e. The highest BCUT2D eigenvalue weighted by Gasteiger charge is 2.11. The Bertz CT molecular complexity index is 1090. The summed E-state index contributed by atoms with van der Waals surface area (Å²) >= 11 is 9.41. The maximum absolute atomic E-state index is 12.2. The number of hydrogen-bond acceptors (Lipinski definition) is 5. The van der Waals surface area contributed by atoms with Gasteiger partial charge >= 0.3 is 0 Å². The molecule has 8 heteroatoms.